The van der Waals surface area contributed by atoms with Gasteiger partial charge in [0.1, 0.15) is 0 Å². The van der Waals surface area contributed by atoms with E-state index in [-0.39, 0.29) is 0 Å². The molecule has 60 valence electrons. The van der Waals surface area contributed by atoms with Crippen LogP contribution in [0.2, 0.25) is 0 Å². The highest BCUT2D eigenvalue weighted by Gasteiger charge is 2.40. The first-order valence-corrected chi connectivity index (χ1v) is 4.10. The fourth-order valence-corrected chi connectivity index (χ4v) is 0.564. The standard InChI is InChI=1S/C4H6ClFO3S/c1-4(2,3(5)7)10(6,8)9/h1-2H3. The van der Waals surface area contributed by atoms with Gasteiger partial charge in [-0.05, 0) is 25.4 Å². The zero-order valence-corrected chi connectivity index (χ0v) is 6.96. The van der Waals surface area contributed by atoms with Crippen molar-refractivity contribution in [1.29, 1.82) is 0 Å². The molecule has 0 spiro atoms. The quantitative estimate of drug-likeness (QED) is 0.604. The average Bonchev–Trinajstić information content (AvgIpc) is 1.62. The Morgan fingerprint density at radius 3 is 1.80 bits per heavy atom. The predicted octanol–water partition coefficient (Wildman–Crippen LogP) is 0.830. The molecule has 0 N–H and O–H groups in total. The van der Waals surface area contributed by atoms with Crippen LogP contribution in [0.3, 0.4) is 0 Å². The highest BCUT2D eigenvalue weighted by atomic mass is 35.5. The lowest BCUT2D eigenvalue weighted by Gasteiger charge is -2.12. The van der Waals surface area contributed by atoms with Gasteiger partial charge >= 0.3 is 10.2 Å². The van der Waals surface area contributed by atoms with Crippen LogP contribution in [-0.2, 0) is 15.0 Å². The van der Waals surface area contributed by atoms with Gasteiger partial charge in [0, 0.05) is 0 Å². The van der Waals surface area contributed by atoms with Gasteiger partial charge in [-0.3, -0.25) is 4.79 Å². The van der Waals surface area contributed by atoms with E-state index in [0.29, 0.717) is 0 Å². The maximum absolute atomic E-state index is 12.1. The van der Waals surface area contributed by atoms with E-state index in [1.165, 1.54) is 0 Å². The lowest BCUT2D eigenvalue weighted by Crippen LogP contribution is -2.34. The van der Waals surface area contributed by atoms with E-state index < -0.39 is 20.2 Å². The molecule has 0 aromatic rings. The van der Waals surface area contributed by atoms with Crippen molar-refractivity contribution in [1.82, 2.24) is 0 Å². The molecule has 0 amide bonds. The Labute approximate surface area is 63.4 Å². The zero-order chi connectivity index (χ0) is 8.58. The van der Waals surface area contributed by atoms with Crippen molar-refractivity contribution in [2.45, 2.75) is 18.6 Å². The molecule has 0 radical (unpaired) electrons. The summed E-state index contributed by atoms with van der Waals surface area (Å²) in [6.07, 6.45) is 0. The Hall–Kier alpha value is -0.160. The topological polar surface area (TPSA) is 51.2 Å². The Morgan fingerprint density at radius 2 is 1.80 bits per heavy atom. The van der Waals surface area contributed by atoms with E-state index in [0.717, 1.165) is 13.8 Å². The van der Waals surface area contributed by atoms with Gasteiger partial charge in [0.25, 0.3) is 0 Å². The molecule has 0 saturated heterocycles. The zero-order valence-electron chi connectivity index (χ0n) is 5.39. The summed E-state index contributed by atoms with van der Waals surface area (Å²) in [5, 5.41) is -1.23. The number of rotatable bonds is 2. The van der Waals surface area contributed by atoms with Gasteiger partial charge in [-0.25, -0.2) is 0 Å². The fourth-order valence-electron chi connectivity index (χ4n) is 0.0958. The summed E-state index contributed by atoms with van der Waals surface area (Å²) < 4.78 is 30.2. The normalized spacial score (nSPS) is 13.2. The monoisotopic (exact) mass is 188 g/mol. The number of hydrogen-bond acceptors (Lipinski definition) is 3. The van der Waals surface area contributed by atoms with Crippen LogP contribution in [0, 0.1) is 0 Å². The molecule has 0 fully saturated rings. The molecule has 0 heterocycles. The predicted molar refractivity (Wildman–Crippen MR) is 35.0 cm³/mol. The van der Waals surface area contributed by atoms with Gasteiger partial charge < -0.3 is 0 Å². The van der Waals surface area contributed by atoms with Gasteiger partial charge in [0.05, 0.1) is 0 Å². The minimum atomic E-state index is -4.88. The molecule has 0 atom stereocenters. The molecular weight excluding hydrogens is 183 g/mol. The Bertz CT molecular complexity index is 243. The molecule has 0 aliphatic heterocycles. The highest BCUT2D eigenvalue weighted by Crippen LogP contribution is 2.20. The molecule has 3 nitrogen and oxygen atoms in total. The van der Waals surface area contributed by atoms with Crippen molar-refractivity contribution >= 4 is 27.1 Å². The maximum atomic E-state index is 12.1. The molecule has 0 rings (SSSR count). The molecular formula is C4H6ClFO3S. The molecule has 0 saturated carbocycles. The molecule has 10 heavy (non-hydrogen) atoms. The van der Waals surface area contributed by atoms with Crippen molar-refractivity contribution in [3.63, 3.8) is 0 Å². The van der Waals surface area contributed by atoms with Crippen LogP contribution in [0.25, 0.3) is 0 Å². The fraction of sp³-hybridized carbons (Fsp3) is 0.750. The molecule has 0 aliphatic rings. The van der Waals surface area contributed by atoms with E-state index >= 15 is 0 Å². The molecule has 0 aromatic heterocycles. The lowest BCUT2D eigenvalue weighted by atomic mass is 10.2. The first-order chi connectivity index (χ1) is 4.19. The van der Waals surface area contributed by atoms with Gasteiger partial charge in [0.15, 0.2) is 4.75 Å². The molecule has 0 aromatic carbocycles. The summed E-state index contributed by atoms with van der Waals surface area (Å²) in [5.74, 6) is 0. The van der Waals surface area contributed by atoms with Crippen molar-refractivity contribution in [2.75, 3.05) is 0 Å². The third-order valence-corrected chi connectivity index (χ3v) is 3.07. The van der Waals surface area contributed by atoms with Crippen LogP contribution in [0.4, 0.5) is 3.89 Å². The average molecular weight is 189 g/mol. The summed E-state index contributed by atoms with van der Waals surface area (Å²) >= 11 is 4.80. The van der Waals surface area contributed by atoms with Gasteiger partial charge in [-0.2, -0.15) is 8.42 Å². The third kappa shape index (κ3) is 1.67. The van der Waals surface area contributed by atoms with Crippen molar-refractivity contribution < 1.29 is 17.1 Å². The Kier molecular flexibility index (Phi) is 2.43. The van der Waals surface area contributed by atoms with Gasteiger partial charge in [-0.15, -0.1) is 3.89 Å². The van der Waals surface area contributed by atoms with Crippen LogP contribution in [0.1, 0.15) is 13.8 Å². The first kappa shape index (κ1) is 9.84. The number of hydrogen-bond donors (Lipinski definition) is 0. The third-order valence-electron chi connectivity index (χ3n) is 1.08. The van der Waals surface area contributed by atoms with Crippen molar-refractivity contribution in [3.8, 4) is 0 Å². The van der Waals surface area contributed by atoms with E-state index in [9.17, 15) is 17.1 Å². The van der Waals surface area contributed by atoms with Crippen LogP contribution in [0.15, 0.2) is 0 Å². The summed E-state index contributed by atoms with van der Waals surface area (Å²) in [5.41, 5.74) is 0. The van der Waals surface area contributed by atoms with Crippen LogP contribution in [-0.4, -0.2) is 18.4 Å². The van der Waals surface area contributed by atoms with Crippen molar-refractivity contribution in [3.05, 3.63) is 0 Å². The number of halogens is 2. The molecule has 0 unspecified atom stereocenters. The van der Waals surface area contributed by atoms with Crippen LogP contribution < -0.4 is 0 Å². The van der Waals surface area contributed by atoms with Gasteiger partial charge in [-0.1, -0.05) is 0 Å². The van der Waals surface area contributed by atoms with E-state index in [1.807, 2.05) is 0 Å². The number of carbonyl (C=O) groups excluding carboxylic acids is 1. The second-order valence-electron chi connectivity index (χ2n) is 2.22. The summed E-state index contributed by atoms with van der Waals surface area (Å²) in [6, 6.07) is 0. The second-order valence-corrected chi connectivity index (χ2v) is 4.46. The van der Waals surface area contributed by atoms with Crippen LogP contribution in [0.5, 0.6) is 0 Å². The maximum Gasteiger partial charge on any atom is 0.316 e. The summed E-state index contributed by atoms with van der Waals surface area (Å²) in [6.45, 7) is 1.80. The van der Waals surface area contributed by atoms with E-state index in [4.69, 9.17) is 11.6 Å². The van der Waals surface area contributed by atoms with E-state index in [1.54, 1.807) is 0 Å². The SMILES string of the molecule is CC(C)(C(=O)Cl)S(=O)(=O)F. The highest BCUT2D eigenvalue weighted by molar-refractivity contribution is 7.88. The first-order valence-electron chi connectivity index (χ1n) is 2.33. The molecule has 6 heteroatoms. The largest absolute Gasteiger partial charge is 0.316 e. The molecule has 0 aliphatic carbocycles. The van der Waals surface area contributed by atoms with E-state index in [2.05, 4.69) is 0 Å². The minimum Gasteiger partial charge on any atom is -0.279 e. The smallest absolute Gasteiger partial charge is 0.279 e. The second kappa shape index (κ2) is 2.47. The summed E-state index contributed by atoms with van der Waals surface area (Å²) in [7, 11) is -4.88. The Balaban J connectivity index is 4.95. The lowest BCUT2D eigenvalue weighted by molar-refractivity contribution is -0.113. The summed E-state index contributed by atoms with van der Waals surface area (Å²) in [4.78, 5) is 10.3. The van der Waals surface area contributed by atoms with Crippen LogP contribution >= 0.6 is 11.6 Å². The molecule has 0 bridgehead atoms. The minimum absolute atomic E-state index is 0.900. The van der Waals surface area contributed by atoms with Gasteiger partial charge in [0.2, 0.25) is 5.24 Å². The van der Waals surface area contributed by atoms with Crippen molar-refractivity contribution in [2.24, 2.45) is 0 Å². The Morgan fingerprint density at radius 1 is 1.50 bits per heavy atom. The number of carbonyl (C=O) groups is 1.